The molecule has 2 bridgehead atoms. The summed E-state index contributed by atoms with van der Waals surface area (Å²) >= 11 is 0. The monoisotopic (exact) mass is 329 g/mol. The Morgan fingerprint density at radius 3 is 2.28 bits per heavy atom. The Morgan fingerprint density at radius 2 is 1.52 bits per heavy atom. The van der Waals surface area contributed by atoms with Gasteiger partial charge in [0, 0.05) is 16.8 Å². The van der Waals surface area contributed by atoms with Crippen LogP contribution in [0.5, 0.6) is 0 Å². The van der Waals surface area contributed by atoms with Gasteiger partial charge in [0.15, 0.2) is 0 Å². The van der Waals surface area contributed by atoms with E-state index >= 15 is 0 Å². The summed E-state index contributed by atoms with van der Waals surface area (Å²) in [6, 6.07) is 13.5. The molecule has 2 aliphatic carbocycles. The Bertz CT molecular complexity index is 1080. The molecule has 2 aromatic carbocycles. The highest BCUT2D eigenvalue weighted by molar-refractivity contribution is 6.23. The second-order valence-electron chi connectivity index (χ2n) is 7.29. The Labute approximate surface area is 143 Å². The van der Waals surface area contributed by atoms with Gasteiger partial charge in [-0.3, -0.25) is 9.59 Å². The van der Waals surface area contributed by atoms with Crippen LogP contribution in [0.15, 0.2) is 59.0 Å². The first-order valence-electron chi connectivity index (χ1n) is 8.70. The van der Waals surface area contributed by atoms with Gasteiger partial charge >= 0.3 is 0 Å². The van der Waals surface area contributed by atoms with E-state index in [0.29, 0.717) is 11.3 Å². The van der Waals surface area contributed by atoms with Crippen LogP contribution in [0, 0.1) is 23.7 Å². The number of furan rings is 1. The third-order valence-electron chi connectivity index (χ3n) is 6.09. The zero-order valence-electron chi connectivity index (χ0n) is 13.4. The summed E-state index contributed by atoms with van der Waals surface area (Å²) < 4.78 is 5.91. The quantitative estimate of drug-likeness (QED) is 0.502. The fourth-order valence-electron chi connectivity index (χ4n) is 5.01. The molecular weight excluding hydrogens is 314 g/mol. The lowest BCUT2D eigenvalue weighted by Crippen LogP contribution is -2.32. The Hall–Kier alpha value is -2.88. The van der Waals surface area contributed by atoms with Crippen LogP contribution in [0.3, 0.4) is 0 Å². The van der Waals surface area contributed by atoms with Crippen molar-refractivity contribution >= 4 is 39.4 Å². The Morgan fingerprint density at radius 1 is 0.840 bits per heavy atom. The molecule has 0 N–H and O–H groups in total. The van der Waals surface area contributed by atoms with Crippen LogP contribution in [0.2, 0.25) is 0 Å². The van der Waals surface area contributed by atoms with Crippen LogP contribution in [-0.4, -0.2) is 11.8 Å². The van der Waals surface area contributed by atoms with Gasteiger partial charge in [0.1, 0.15) is 11.2 Å². The molecule has 1 saturated carbocycles. The summed E-state index contributed by atoms with van der Waals surface area (Å²) in [5.41, 5.74) is 2.14. The molecule has 2 amide bonds. The largest absolute Gasteiger partial charge is 0.456 e. The van der Waals surface area contributed by atoms with E-state index in [0.717, 1.165) is 22.8 Å². The molecule has 3 aliphatic rings. The molecule has 122 valence electrons. The van der Waals surface area contributed by atoms with Crippen molar-refractivity contribution in [3.05, 3.63) is 54.6 Å². The molecule has 4 nitrogen and oxygen atoms in total. The number of hydrogen-bond donors (Lipinski definition) is 0. The highest BCUT2D eigenvalue weighted by atomic mass is 16.3. The zero-order valence-corrected chi connectivity index (χ0v) is 13.4. The zero-order chi connectivity index (χ0) is 16.7. The van der Waals surface area contributed by atoms with Crippen molar-refractivity contribution in [3.8, 4) is 0 Å². The van der Waals surface area contributed by atoms with Crippen LogP contribution < -0.4 is 4.90 Å². The molecule has 0 spiro atoms. The van der Waals surface area contributed by atoms with Crippen LogP contribution in [0.1, 0.15) is 6.42 Å². The van der Waals surface area contributed by atoms with E-state index in [1.807, 2.05) is 42.5 Å². The van der Waals surface area contributed by atoms with E-state index in [1.165, 1.54) is 4.90 Å². The number of carbonyl (C=O) groups excluding carboxylic acids is 2. The minimum Gasteiger partial charge on any atom is -0.456 e. The second kappa shape index (κ2) is 4.39. The van der Waals surface area contributed by atoms with E-state index in [-0.39, 0.29) is 35.5 Å². The smallest absolute Gasteiger partial charge is 0.238 e. The van der Waals surface area contributed by atoms with Crippen molar-refractivity contribution < 1.29 is 14.0 Å². The molecular formula is C21H15NO3. The summed E-state index contributed by atoms with van der Waals surface area (Å²) in [6.07, 6.45) is 5.18. The van der Waals surface area contributed by atoms with Crippen molar-refractivity contribution in [1.29, 1.82) is 0 Å². The molecule has 4 atom stereocenters. The van der Waals surface area contributed by atoms with Gasteiger partial charge in [-0.05, 0) is 36.5 Å². The van der Waals surface area contributed by atoms with Gasteiger partial charge < -0.3 is 4.42 Å². The van der Waals surface area contributed by atoms with Crippen molar-refractivity contribution in [1.82, 2.24) is 0 Å². The lowest BCUT2D eigenvalue weighted by Gasteiger charge is -2.17. The first-order valence-corrected chi connectivity index (χ1v) is 8.70. The van der Waals surface area contributed by atoms with Crippen molar-refractivity contribution in [3.63, 3.8) is 0 Å². The maximum Gasteiger partial charge on any atom is 0.238 e. The number of anilines is 1. The van der Waals surface area contributed by atoms with Gasteiger partial charge in [-0.15, -0.1) is 0 Å². The fourth-order valence-corrected chi connectivity index (χ4v) is 5.01. The SMILES string of the molecule is O=C1C2C3C=CC(C3)C2C(=O)N1c1ccc2c(c1)oc1ccccc12. The standard InChI is InChI=1S/C21H15NO3/c23-20-18-11-5-6-12(9-11)19(18)21(24)22(20)13-7-8-15-14-3-1-2-4-16(14)25-17(15)10-13/h1-8,10-12,18-19H,9H2. The van der Waals surface area contributed by atoms with Gasteiger partial charge in [-0.25, -0.2) is 4.90 Å². The van der Waals surface area contributed by atoms with E-state index in [2.05, 4.69) is 12.2 Å². The second-order valence-corrected chi connectivity index (χ2v) is 7.29. The fraction of sp³-hybridized carbons (Fsp3) is 0.238. The van der Waals surface area contributed by atoms with Crippen LogP contribution >= 0.6 is 0 Å². The molecule has 4 heteroatoms. The number of para-hydroxylation sites is 1. The third kappa shape index (κ3) is 1.57. The molecule has 1 aromatic heterocycles. The van der Waals surface area contributed by atoms with Gasteiger partial charge in [-0.1, -0.05) is 30.4 Å². The first-order chi connectivity index (χ1) is 12.2. The lowest BCUT2D eigenvalue weighted by atomic mass is 9.85. The van der Waals surface area contributed by atoms with E-state index < -0.39 is 0 Å². The predicted octanol–water partition coefficient (Wildman–Crippen LogP) is 3.90. The first kappa shape index (κ1) is 13.4. The van der Waals surface area contributed by atoms with Gasteiger partial charge in [0.2, 0.25) is 11.8 Å². The predicted molar refractivity (Wildman–Crippen MR) is 93.9 cm³/mol. The van der Waals surface area contributed by atoms with Crippen LogP contribution in [-0.2, 0) is 9.59 Å². The summed E-state index contributed by atoms with van der Waals surface area (Å²) in [7, 11) is 0. The maximum absolute atomic E-state index is 12.9. The summed E-state index contributed by atoms with van der Waals surface area (Å²) in [5, 5.41) is 2.04. The molecule has 4 unspecified atom stereocenters. The number of carbonyl (C=O) groups is 2. The minimum absolute atomic E-state index is 0.0534. The highest BCUT2D eigenvalue weighted by Gasteiger charge is 2.59. The number of nitrogens with zero attached hydrogens (tertiary/aromatic N) is 1. The number of imide groups is 1. The average Bonchev–Trinajstić information content (AvgIpc) is 3.36. The van der Waals surface area contributed by atoms with Gasteiger partial charge in [0.25, 0.3) is 0 Å². The summed E-state index contributed by atoms with van der Waals surface area (Å²) in [6.45, 7) is 0. The molecule has 0 radical (unpaired) electrons. The topological polar surface area (TPSA) is 50.5 Å². The number of allylic oxidation sites excluding steroid dienone is 2. The van der Waals surface area contributed by atoms with Crippen molar-refractivity contribution in [2.45, 2.75) is 6.42 Å². The van der Waals surface area contributed by atoms with Crippen LogP contribution in [0.4, 0.5) is 5.69 Å². The number of amides is 2. The molecule has 2 heterocycles. The molecule has 3 aromatic rings. The molecule has 1 saturated heterocycles. The summed E-state index contributed by atoms with van der Waals surface area (Å²) in [5.74, 6) is 0.00475. The van der Waals surface area contributed by atoms with E-state index in [4.69, 9.17) is 4.42 Å². The van der Waals surface area contributed by atoms with Gasteiger partial charge in [0.05, 0.1) is 17.5 Å². The number of benzene rings is 2. The van der Waals surface area contributed by atoms with Crippen LogP contribution in [0.25, 0.3) is 21.9 Å². The van der Waals surface area contributed by atoms with Gasteiger partial charge in [-0.2, -0.15) is 0 Å². The molecule has 6 rings (SSSR count). The normalized spacial score (nSPS) is 30.2. The summed E-state index contributed by atoms with van der Waals surface area (Å²) in [4.78, 5) is 27.3. The number of rotatable bonds is 1. The number of fused-ring (bicyclic) bond motifs is 8. The number of hydrogen-bond acceptors (Lipinski definition) is 3. The molecule has 1 aliphatic heterocycles. The third-order valence-corrected chi connectivity index (χ3v) is 6.09. The minimum atomic E-state index is -0.172. The average molecular weight is 329 g/mol. The maximum atomic E-state index is 12.9. The van der Waals surface area contributed by atoms with Crippen molar-refractivity contribution in [2.24, 2.45) is 23.7 Å². The molecule has 2 fully saturated rings. The van der Waals surface area contributed by atoms with E-state index in [1.54, 1.807) is 0 Å². The lowest BCUT2D eigenvalue weighted by molar-refractivity contribution is -0.123. The Kier molecular flexibility index (Phi) is 2.36. The van der Waals surface area contributed by atoms with E-state index in [9.17, 15) is 9.59 Å². The molecule has 25 heavy (non-hydrogen) atoms. The highest BCUT2D eigenvalue weighted by Crippen LogP contribution is 2.53. The van der Waals surface area contributed by atoms with Crippen molar-refractivity contribution in [2.75, 3.05) is 4.90 Å². The Balaban J connectivity index is 1.48.